The molecule has 1 aromatic rings. The maximum absolute atomic E-state index is 4.91. The van der Waals surface area contributed by atoms with Gasteiger partial charge in [-0.25, -0.2) is 4.98 Å². The molecule has 0 atom stereocenters. The first-order valence-electron chi connectivity index (χ1n) is 8.29. The van der Waals surface area contributed by atoms with Crippen LogP contribution in [0.2, 0.25) is 0 Å². The van der Waals surface area contributed by atoms with Crippen LogP contribution in [0.4, 0.5) is 5.82 Å². The van der Waals surface area contributed by atoms with Gasteiger partial charge in [-0.2, -0.15) is 0 Å². The van der Waals surface area contributed by atoms with Crippen molar-refractivity contribution in [2.75, 3.05) is 11.4 Å². The Morgan fingerprint density at radius 1 is 1.33 bits per heavy atom. The summed E-state index contributed by atoms with van der Waals surface area (Å²) < 4.78 is 0. The molecule has 0 saturated heterocycles. The molecule has 3 nitrogen and oxygen atoms in total. The van der Waals surface area contributed by atoms with Crippen LogP contribution in [0.3, 0.4) is 0 Å². The Bertz CT molecular complexity index is 501. The highest BCUT2D eigenvalue weighted by Crippen LogP contribution is 2.32. The SMILES string of the molecule is C=CCN(c1cc(CNC2CC2)cc(C(C)C)n1)C1CC1. The van der Waals surface area contributed by atoms with Crippen molar-refractivity contribution in [2.24, 2.45) is 0 Å². The van der Waals surface area contributed by atoms with Crippen LogP contribution in [-0.2, 0) is 6.54 Å². The lowest BCUT2D eigenvalue weighted by Crippen LogP contribution is -2.27. The molecular weight excluding hydrogens is 258 g/mol. The maximum atomic E-state index is 4.91. The van der Waals surface area contributed by atoms with Gasteiger partial charge in [-0.1, -0.05) is 19.9 Å². The zero-order valence-corrected chi connectivity index (χ0v) is 13.3. The lowest BCUT2D eigenvalue weighted by molar-refractivity contribution is 0.682. The molecule has 3 rings (SSSR count). The summed E-state index contributed by atoms with van der Waals surface area (Å²) in [6.07, 6.45) is 7.23. The van der Waals surface area contributed by atoms with Gasteiger partial charge in [0.25, 0.3) is 0 Å². The number of hydrogen-bond donors (Lipinski definition) is 1. The molecular formula is C18H27N3. The molecule has 114 valence electrons. The second kappa shape index (κ2) is 6.18. The highest BCUT2D eigenvalue weighted by molar-refractivity contribution is 5.46. The molecule has 0 aromatic carbocycles. The highest BCUT2D eigenvalue weighted by Gasteiger charge is 2.29. The van der Waals surface area contributed by atoms with E-state index >= 15 is 0 Å². The van der Waals surface area contributed by atoms with Crippen molar-refractivity contribution in [1.29, 1.82) is 0 Å². The molecule has 3 heteroatoms. The Kier molecular flexibility index (Phi) is 4.29. The van der Waals surface area contributed by atoms with Crippen molar-refractivity contribution in [3.63, 3.8) is 0 Å². The summed E-state index contributed by atoms with van der Waals surface area (Å²) in [5, 5.41) is 3.62. The van der Waals surface area contributed by atoms with Crippen LogP contribution in [-0.4, -0.2) is 23.6 Å². The Morgan fingerprint density at radius 3 is 2.67 bits per heavy atom. The summed E-state index contributed by atoms with van der Waals surface area (Å²) in [5.74, 6) is 1.60. The molecule has 0 spiro atoms. The van der Waals surface area contributed by atoms with Gasteiger partial charge >= 0.3 is 0 Å². The normalized spacial score (nSPS) is 18.0. The molecule has 0 aliphatic heterocycles. The largest absolute Gasteiger partial charge is 0.350 e. The number of hydrogen-bond acceptors (Lipinski definition) is 3. The van der Waals surface area contributed by atoms with Crippen LogP contribution in [0.5, 0.6) is 0 Å². The molecule has 2 aliphatic carbocycles. The molecule has 2 aliphatic rings. The average Bonchev–Trinajstić information content (AvgIpc) is 3.36. The van der Waals surface area contributed by atoms with E-state index in [1.807, 2.05) is 6.08 Å². The third-order valence-electron chi connectivity index (χ3n) is 4.26. The molecule has 0 amide bonds. The van der Waals surface area contributed by atoms with Gasteiger partial charge in [0.15, 0.2) is 0 Å². The first-order valence-corrected chi connectivity index (χ1v) is 8.29. The Labute approximate surface area is 128 Å². The number of nitrogens with zero attached hydrogens (tertiary/aromatic N) is 2. The predicted octanol–water partition coefficient (Wildman–Crippen LogP) is 3.61. The van der Waals surface area contributed by atoms with Crippen LogP contribution in [0.1, 0.15) is 56.7 Å². The third-order valence-corrected chi connectivity index (χ3v) is 4.26. The lowest BCUT2D eigenvalue weighted by Gasteiger charge is -2.24. The van der Waals surface area contributed by atoms with E-state index < -0.39 is 0 Å². The quantitative estimate of drug-likeness (QED) is 0.740. The molecule has 2 saturated carbocycles. The number of rotatable bonds is 8. The predicted molar refractivity (Wildman–Crippen MR) is 88.8 cm³/mol. The molecule has 1 aromatic heterocycles. The first-order chi connectivity index (χ1) is 10.2. The smallest absolute Gasteiger partial charge is 0.129 e. The molecule has 21 heavy (non-hydrogen) atoms. The summed E-state index contributed by atoms with van der Waals surface area (Å²) in [5.41, 5.74) is 2.57. The maximum Gasteiger partial charge on any atom is 0.129 e. The Hall–Kier alpha value is -1.35. The molecule has 1 N–H and O–H groups in total. The molecule has 2 fully saturated rings. The van der Waals surface area contributed by atoms with Gasteiger partial charge in [-0.05, 0) is 49.3 Å². The minimum atomic E-state index is 0.467. The zero-order chi connectivity index (χ0) is 14.8. The second-order valence-electron chi connectivity index (χ2n) is 6.74. The summed E-state index contributed by atoms with van der Waals surface area (Å²) in [7, 11) is 0. The van der Waals surface area contributed by atoms with Gasteiger partial charge in [-0.15, -0.1) is 6.58 Å². The topological polar surface area (TPSA) is 28.2 Å². The molecule has 0 radical (unpaired) electrons. The number of nitrogens with one attached hydrogen (secondary N) is 1. The molecule has 0 bridgehead atoms. The van der Waals surface area contributed by atoms with Gasteiger partial charge in [0.1, 0.15) is 5.82 Å². The number of pyridine rings is 1. The van der Waals surface area contributed by atoms with Crippen molar-refractivity contribution in [3.8, 4) is 0 Å². The minimum Gasteiger partial charge on any atom is -0.350 e. The van der Waals surface area contributed by atoms with E-state index in [2.05, 4.69) is 42.8 Å². The summed E-state index contributed by atoms with van der Waals surface area (Å²) in [4.78, 5) is 7.32. The molecule has 0 unspecified atom stereocenters. The van der Waals surface area contributed by atoms with E-state index in [-0.39, 0.29) is 0 Å². The fourth-order valence-electron chi connectivity index (χ4n) is 2.64. The van der Waals surface area contributed by atoms with Crippen LogP contribution in [0.25, 0.3) is 0 Å². The number of anilines is 1. The van der Waals surface area contributed by atoms with E-state index in [1.54, 1.807) is 0 Å². The van der Waals surface area contributed by atoms with Crippen LogP contribution in [0.15, 0.2) is 24.8 Å². The summed E-state index contributed by atoms with van der Waals surface area (Å²) in [6, 6.07) is 5.95. The standard InChI is InChI=1S/C18H27N3/c1-4-9-21(16-7-8-16)18-11-14(12-19-15-5-6-15)10-17(20-18)13(2)3/h4,10-11,13,15-16,19H,1,5-9,12H2,2-3H3. The third kappa shape index (κ3) is 3.85. The van der Waals surface area contributed by atoms with Gasteiger partial charge in [0.2, 0.25) is 0 Å². The highest BCUT2D eigenvalue weighted by atomic mass is 15.2. The van der Waals surface area contributed by atoms with Crippen LogP contribution < -0.4 is 10.2 Å². The van der Waals surface area contributed by atoms with Gasteiger partial charge in [0, 0.05) is 30.9 Å². The van der Waals surface area contributed by atoms with Gasteiger partial charge in [0.05, 0.1) is 0 Å². The van der Waals surface area contributed by atoms with Crippen molar-refractivity contribution < 1.29 is 0 Å². The minimum absolute atomic E-state index is 0.467. The van der Waals surface area contributed by atoms with Crippen molar-refractivity contribution >= 4 is 5.82 Å². The van der Waals surface area contributed by atoms with Gasteiger partial charge < -0.3 is 10.2 Å². The Balaban J connectivity index is 1.83. The molecule has 1 heterocycles. The van der Waals surface area contributed by atoms with Crippen LogP contribution in [0, 0.1) is 0 Å². The van der Waals surface area contributed by atoms with E-state index in [0.717, 1.165) is 24.9 Å². The van der Waals surface area contributed by atoms with E-state index in [9.17, 15) is 0 Å². The van der Waals surface area contributed by atoms with Crippen molar-refractivity contribution in [1.82, 2.24) is 10.3 Å². The lowest BCUT2D eigenvalue weighted by atomic mass is 10.1. The van der Waals surface area contributed by atoms with Crippen molar-refractivity contribution in [2.45, 2.75) is 64.1 Å². The second-order valence-corrected chi connectivity index (χ2v) is 6.74. The van der Waals surface area contributed by atoms with Crippen molar-refractivity contribution in [3.05, 3.63) is 36.0 Å². The monoisotopic (exact) mass is 285 g/mol. The number of aromatic nitrogens is 1. The van der Waals surface area contributed by atoms with E-state index in [1.165, 1.54) is 36.9 Å². The van der Waals surface area contributed by atoms with Gasteiger partial charge in [-0.3, -0.25) is 0 Å². The first kappa shape index (κ1) is 14.6. The summed E-state index contributed by atoms with van der Waals surface area (Å²) in [6.45, 7) is 10.2. The fourth-order valence-corrected chi connectivity index (χ4v) is 2.64. The van der Waals surface area contributed by atoms with Crippen LogP contribution >= 0.6 is 0 Å². The Morgan fingerprint density at radius 2 is 2.10 bits per heavy atom. The van der Waals surface area contributed by atoms with E-state index in [4.69, 9.17) is 4.98 Å². The zero-order valence-electron chi connectivity index (χ0n) is 13.3. The fraction of sp³-hybridized carbons (Fsp3) is 0.611. The summed E-state index contributed by atoms with van der Waals surface area (Å²) >= 11 is 0. The average molecular weight is 285 g/mol. The van der Waals surface area contributed by atoms with E-state index in [0.29, 0.717) is 12.0 Å².